The average Bonchev–Trinajstić information content (AvgIpc) is 2.69. The van der Waals surface area contributed by atoms with Crippen molar-refractivity contribution >= 4 is 34.9 Å². The van der Waals surface area contributed by atoms with E-state index in [0.717, 1.165) is 30.8 Å². The number of carbonyl (C=O) groups is 2. The number of benzene rings is 1. The molecule has 27 heavy (non-hydrogen) atoms. The number of carbonyl (C=O) groups excluding carboxylic acids is 2. The SMILES string of the molecule is CNC(=O)c1ccc(C)c(NC(=O)[C@@H]2CCCN(c3ccc(Cl)nn3)C2)c1. The van der Waals surface area contributed by atoms with E-state index in [4.69, 9.17) is 11.6 Å². The molecule has 7 nitrogen and oxygen atoms in total. The second-order valence-electron chi connectivity index (χ2n) is 6.60. The average molecular weight is 388 g/mol. The Hall–Kier alpha value is -2.67. The molecule has 1 aromatic carbocycles. The van der Waals surface area contributed by atoms with Crippen LogP contribution in [0.25, 0.3) is 0 Å². The Morgan fingerprint density at radius 2 is 2.04 bits per heavy atom. The lowest BCUT2D eigenvalue weighted by atomic mass is 9.96. The molecule has 0 aliphatic carbocycles. The van der Waals surface area contributed by atoms with Gasteiger partial charge in [0.1, 0.15) is 0 Å². The van der Waals surface area contributed by atoms with Crippen molar-refractivity contribution < 1.29 is 9.59 Å². The monoisotopic (exact) mass is 387 g/mol. The van der Waals surface area contributed by atoms with Crippen molar-refractivity contribution in [1.82, 2.24) is 15.5 Å². The van der Waals surface area contributed by atoms with Crippen molar-refractivity contribution in [2.75, 3.05) is 30.4 Å². The van der Waals surface area contributed by atoms with Crippen molar-refractivity contribution in [3.05, 3.63) is 46.6 Å². The topological polar surface area (TPSA) is 87.2 Å². The van der Waals surface area contributed by atoms with Gasteiger partial charge in [-0.3, -0.25) is 9.59 Å². The summed E-state index contributed by atoms with van der Waals surface area (Å²) in [6, 6.07) is 8.78. The summed E-state index contributed by atoms with van der Waals surface area (Å²) in [5.74, 6) is 0.309. The molecule has 0 spiro atoms. The zero-order chi connectivity index (χ0) is 19.4. The lowest BCUT2D eigenvalue weighted by Crippen LogP contribution is -2.41. The van der Waals surface area contributed by atoms with Crippen molar-refractivity contribution in [2.24, 2.45) is 5.92 Å². The Morgan fingerprint density at radius 1 is 1.22 bits per heavy atom. The number of nitrogens with zero attached hydrogens (tertiary/aromatic N) is 3. The van der Waals surface area contributed by atoms with Gasteiger partial charge >= 0.3 is 0 Å². The second-order valence-corrected chi connectivity index (χ2v) is 6.98. The number of halogens is 1. The molecule has 1 aliphatic heterocycles. The third kappa shape index (κ3) is 4.54. The van der Waals surface area contributed by atoms with Gasteiger partial charge in [0.2, 0.25) is 5.91 Å². The Kier molecular flexibility index (Phi) is 5.91. The summed E-state index contributed by atoms with van der Waals surface area (Å²) in [5, 5.41) is 13.9. The van der Waals surface area contributed by atoms with Crippen LogP contribution in [0, 0.1) is 12.8 Å². The molecule has 2 aromatic rings. The van der Waals surface area contributed by atoms with Gasteiger partial charge in [0.15, 0.2) is 11.0 Å². The van der Waals surface area contributed by atoms with Gasteiger partial charge in [-0.2, -0.15) is 0 Å². The lowest BCUT2D eigenvalue weighted by Gasteiger charge is -2.32. The summed E-state index contributed by atoms with van der Waals surface area (Å²) < 4.78 is 0. The number of rotatable bonds is 4. The Bertz CT molecular complexity index is 840. The lowest BCUT2D eigenvalue weighted by molar-refractivity contribution is -0.120. The number of aromatic nitrogens is 2. The quantitative estimate of drug-likeness (QED) is 0.842. The number of aryl methyl sites for hydroxylation is 1. The van der Waals surface area contributed by atoms with Crippen LogP contribution in [0.15, 0.2) is 30.3 Å². The van der Waals surface area contributed by atoms with Gasteiger partial charge in [-0.1, -0.05) is 17.7 Å². The maximum Gasteiger partial charge on any atom is 0.251 e. The highest BCUT2D eigenvalue weighted by atomic mass is 35.5. The fraction of sp³-hybridized carbons (Fsp3) is 0.368. The van der Waals surface area contributed by atoms with E-state index in [9.17, 15) is 9.59 Å². The van der Waals surface area contributed by atoms with Gasteiger partial charge in [-0.25, -0.2) is 0 Å². The summed E-state index contributed by atoms with van der Waals surface area (Å²) in [4.78, 5) is 26.7. The molecule has 2 N–H and O–H groups in total. The van der Waals surface area contributed by atoms with Crippen LogP contribution in [-0.2, 0) is 4.79 Å². The highest BCUT2D eigenvalue weighted by molar-refractivity contribution is 6.29. The number of hydrogen-bond donors (Lipinski definition) is 2. The van der Waals surface area contributed by atoms with Crippen LogP contribution in [0.3, 0.4) is 0 Å². The molecule has 1 aliphatic rings. The first kappa shape index (κ1) is 19.1. The zero-order valence-corrected chi connectivity index (χ0v) is 16.1. The number of piperidine rings is 1. The van der Waals surface area contributed by atoms with Gasteiger partial charge in [0, 0.05) is 31.4 Å². The van der Waals surface area contributed by atoms with E-state index < -0.39 is 0 Å². The number of nitrogens with one attached hydrogen (secondary N) is 2. The standard InChI is InChI=1S/C19H22ClN5O2/c1-12-5-6-13(18(26)21-2)10-15(12)22-19(27)14-4-3-9-25(11-14)17-8-7-16(20)23-24-17/h5-8,10,14H,3-4,9,11H2,1-2H3,(H,21,26)(H,22,27)/t14-/m1/s1. The maximum atomic E-state index is 12.8. The van der Waals surface area contributed by atoms with Gasteiger partial charge in [0.05, 0.1) is 5.92 Å². The number of amides is 2. The molecule has 1 saturated heterocycles. The fourth-order valence-electron chi connectivity index (χ4n) is 3.15. The Balaban J connectivity index is 1.70. The highest BCUT2D eigenvalue weighted by Gasteiger charge is 2.27. The third-order valence-electron chi connectivity index (χ3n) is 4.72. The predicted molar refractivity (Wildman–Crippen MR) is 105 cm³/mol. The fourth-order valence-corrected chi connectivity index (χ4v) is 3.25. The van der Waals surface area contributed by atoms with Crippen LogP contribution in [0.1, 0.15) is 28.8 Å². The van der Waals surface area contributed by atoms with E-state index >= 15 is 0 Å². The molecule has 2 heterocycles. The van der Waals surface area contributed by atoms with E-state index in [2.05, 4.69) is 20.8 Å². The molecular weight excluding hydrogens is 366 g/mol. The molecule has 3 rings (SSSR count). The molecule has 1 aromatic heterocycles. The van der Waals surface area contributed by atoms with Crippen LogP contribution in [-0.4, -0.2) is 42.1 Å². The van der Waals surface area contributed by atoms with Gasteiger partial charge in [-0.15, -0.1) is 10.2 Å². The van der Waals surface area contributed by atoms with Crippen LogP contribution in [0.4, 0.5) is 11.5 Å². The first-order valence-corrected chi connectivity index (χ1v) is 9.23. The number of anilines is 2. The summed E-state index contributed by atoms with van der Waals surface area (Å²) in [5.41, 5.74) is 2.08. The highest BCUT2D eigenvalue weighted by Crippen LogP contribution is 2.24. The molecule has 0 unspecified atom stereocenters. The van der Waals surface area contributed by atoms with Crippen molar-refractivity contribution in [3.63, 3.8) is 0 Å². The minimum absolute atomic E-state index is 0.0567. The Labute approximate surface area is 163 Å². The summed E-state index contributed by atoms with van der Waals surface area (Å²) >= 11 is 5.80. The van der Waals surface area contributed by atoms with Crippen molar-refractivity contribution in [1.29, 1.82) is 0 Å². The number of hydrogen-bond acceptors (Lipinski definition) is 5. The molecule has 2 amide bonds. The summed E-state index contributed by atoms with van der Waals surface area (Å²) in [6.45, 7) is 3.29. The van der Waals surface area contributed by atoms with E-state index in [1.165, 1.54) is 0 Å². The van der Waals surface area contributed by atoms with Crippen LogP contribution >= 0.6 is 11.6 Å². The molecular formula is C19H22ClN5O2. The van der Waals surface area contributed by atoms with E-state index in [1.54, 1.807) is 25.2 Å². The van der Waals surface area contributed by atoms with Gasteiger partial charge in [0.25, 0.3) is 5.91 Å². The second kappa shape index (κ2) is 8.35. The maximum absolute atomic E-state index is 12.8. The third-order valence-corrected chi connectivity index (χ3v) is 4.92. The molecule has 0 radical (unpaired) electrons. The molecule has 142 valence electrons. The molecule has 0 bridgehead atoms. The normalized spacial score (nSPS) is 16.7. The first-order chi connectivity index (χ1) is 13.0. The summed E-state index contributed by atoms with van der Waals surface area (Å²) in [6.07, 6.45) is 1.69. The minimum atomic E-state index is -0.185. The van der Waals surface area contributed by atoms with E-state index in [0.29, 0.717) is 22.9 Å². The zero-order valence-electron chi connectivity index (χ0n) is 15.3. The molecule has 0 saturated carbocycles. The minimum Gasteiger partial charge on any atom is -0.355 e. The van der Waals surface area contributed by atoms with Gasteiger partial charge in [-0.05, 0) is 49.6 Å². The van der Waals surface area contributed by atoms with Crippen molar-refractivity contribution in [2.45, 2.75) is 19.8 Å². The molecule has 8 heteroatoms. The smallest absolute Gasteiger partial charge is 0.251 e. The Morgan fingerprint density at radius 3 is 2.74 bits per heavy atom. The summed E-state index contributed by atoms with van der Waals surface area (Å²) in [7, 11) is 1.58. The van der Waals surface area contributed by atoms with Crippen molar-refractivity contribution in [3.8, 4) is 0 Å². The van der Waals surface area contributed by atoms with Crippen LogP contribution in [0.5, 0.6) is 0 Å². The van der Waals surface area contributed by atoms with E-state index in [1.807, 2.05) is 24.0 Å². The molecule has 1 atom stereocenters. The molecule has 1 fully saturated rings. The predicted octanol–water partition coefficient (Wildman–Crippen LogP) is 2.65. The van der Waals surface area contributed by atoms with Crippen LogP contribution in [0.2, 0.25) is 5.15 Å². The first-order valence-electron chi connectivity index (χ1n) is 8.85. The largest absolute Gasteiger partial charge is 0.355 e. The van der Waals surface area contributed by atoms with E-state index in [-0.39, 0.29) is 17.7 Å². The van der Waals surface area contributed by atoms with Gasteiger partial charge < -0.3 is 15.5 Å². The van der Waals surface area contributed by atoms with Crippen LogP contribution < -0.4 is 15.5 Å².